The van der Waals surface area contributed by atoms with Gasteiger partial charge in [-0.25, -0.2) is 5.43 Å². The highest BCUT2D eigenvalue weighted by atomic mass is 35.5. The monoisotopic (exact) mass is 240 g/mol. The maximum absolute atomic E-state index is 11.6. The van der Waals surface area contributed by atoms with Crippen LogP contribution in [0.3, 0.4) is 0 Å². The predicted octanol–water partition coefficient (Wildman–Crippen LogP) is 2.76. The van der Waals surface area contributed by atoms with E-state index in [0.717, 1.165) is 13.0 Å². The SMILES string of the molecule is CCCCCNNC(=O)c1ccc(Cl)cc1. The number of nitrogens with one attached hydrogen (secondary N) is 2. The van der Waals surface area contributed by atoms with Crippen LogP contribution in [0, 0.1) is 0 Å². The largest absolute Gasteiger partial charge is 0.287 e. The van der Waals surface area contributed by atoms with Crippen LogP contribution in [0.4, 0.5) is 0 Å². The molecule has 0 aliphatic carbocycles. The summed E-state index contributed by atoms with van der Waals surface area (Å²) in [6.45, 7) is 2.94. The first-order valence-corrected chi connectivity index (χ1v) is 5.90. The molecule has 1 aromatic rings. The Morgan fingerprint density at radius 3 is 2.56 bits per heavy atom. The second-order valence-corrected chi connectivity index (χ2v) is 4.03. The molecule has 0 bridgehead atoms. The molecule has 1 aromatic carbocycles. The van der Waals surface area contributed by atoms with Crippen molar-refractivity contribution in [2.75, 3.05) is 6.54 Å². The van der Waals surface area contributed by atoms with Crippen molar-refractivity contribution in [3.63, 3.8) is 0 Å². The van der Waals surface area contributed by atoms with Gasteiger partial charge in [0, 0.05) is 17.1 Å². The van der Waals surface area contributed by atoms with E-state index in [1.165, 1.54) is 12.8 Å². The van der Waals surface area contributed by atoms with Crippen LogP contribution in [-0.2, 0) is 0 Å². The smallest absolute Gasteiger partial charge is 0.265 e. The third kappa shape index (κ3) is 4.64. The zero-order chi connectivity index (χ0) is 11.8. The number of carbonyl (C=O) groups excluding carboxylic acids is 1. The average Bonchev–Trinajstić information content (AvgIpc) is 2.29. The molecule has 1 rings (SSSR count). The molecule has 0 unspecified atom stereocenters. The molecular formula is C12H17ClN2O. The Hall–Kier alpha value is -1.06. The molecule has 0 heterocycles. The van der Waals surface area contributed by atoms with E-state index in [-0.39, 0.29) is 5.91 Å². The quantitative estimate of drug-likeness (QED) is 0.593. The Balaban J connectivity index is 2.27. The molecule has 0 aromatic heterocycles. The number of halogens is 1. The van der Waals surface area contributed by atoms with Gasteiger partial charge in [-0.2, -0.15) is 0 Å². The molecule has 0 radical (unpaired) electrons. The highest BCUT2D eigenvalue weighted by molar-refractivity contribution is 6.30. The Kier molecular flexibility index (Phi) is 5.90. The van der Waals surface area contributed by atoms with Gasteiger partial charge < -0.3 is 0 Å². The van der Waals surface area contributed by atoms with Gasteiger partial charge in [0.15, 0.2) is 0 Å². The third-order valence-corrected chi connectivity index (χ3v) is 2.47. The van der Waals surface area contributed by atoms with Gasteiger partial charge in [-0.1, -0.05) is 31.4 Å². The molecule has 16 heavy (non-hydrogen) atoms. The second kappa shape index (κ2) is 7.25. The van der Waals surface area contributed by atoms with Gasteiger partial charge in [0.25, 0.3) is 5.91 Å². The van der Waals surface area contributed by atoms with Crippen molar-refractivity contribution in [2.45, 2.75) is 26.2 Å². The standard InChI is InChI=1S/C12H17ClN2O/c1-2-3-4-9-14-15-12(16)10-5-7-11(13)8-6-10/h5-8,14H,2-4,9H2,1H3,(H,15,16). The van der Waals surface area contributed by atoms with Crippen LogP contribution in [0.1, 0.15) is 36.5 Å². The Labute approximate surface area is 101 Å². The fourth-order valence-corrected chi connectivity index (χ4v) is 1.41. The van der Waals surface area contributed by atoms with Crippen molar-refractivity contribution < 1.29 is 4.79 Å². The van der Waals surface area contributed by atoms with Gasteiger partial charge in [-0.05, 0) is 30.7 Å². The first-order valence-electron chi connectivity index (χ1n) is 5.53. The van der Waals surface area contributed by atoms with Gasteiger partial charge in [0.1, 0.15) is 0 Å². The Bertz CT molecular complexity index is 324. The minimum atomic E-state index is -0.131. The van der Waals surface area contributed by atoms with Crippen molar-refractivity contribution in [1.29, 1.82) is 0 Å². The van der Waals surface area contributed by atoms with Crippen LogP contribution in [0.2, 0.25) is 5.02 Å². The first kappa shape index (κ1) is 13.0. The average molecular weight is 241 g/mol. The van der Waals surface area contributed by atoms with E-state index in [9.17, 15) is 4.79 Å². The summed E-state index contributed by atoms with van der Waals surface area (Å²) in [7, 11) is 0. The van der Waals surface area contributed by atoms with E-state index < -0.39 is 0 Å². The number of rotatable bonds is 6. The summed E-state index contributed by atoms with van der Waals surface area (Å²) in [5.74, 6) is -0.131. The lowest BCUT2D eigenvalue weighted by Gasteiger charge is -2.06. The molecule has 0 fully saturated rings. The molecule has 0 saturated carbocycles. The summed E-state index contributed by atoms with van der Waals surface area (Å²) in [6.07, 6.45) is 3.41. The van der Waals surface area contributed by atoms with Crippen LogP contribution < -0.4 is 10.9 Å². The number of benzene rings is 1. The lowest BCUT2D eigenvalue weighted by molar-refractivity contribution is 0.0933. The highest BCUT2D eigenvalue weighted by Gasteiger charge is 2.03. The molecule has 1 amide bonds. The Morgan fingerprint density at radius 2 is 1.94 bits per heavy atom. The minimum absolute atomic E-state index is 0.131. The maximum Gasteiger partial charge on any atom is 0.265 e. The molecule has 0 saturated heterocycles. The molecule has 0 aliphatic rings. The number of amides is 1. The molecule has 0 aliphatic heterocycles. The summed E-state index contributed by atoms with van der Waals surface area (Å²) in [4.78, 5) is 11.6. The van der Waals surface area contributed by atoms with Gasteiger partial charge in [0.05, 0.1) is 0 Å². The fraction of sp³-hybridized carbons (Fsp3) is 0.417. The van der Waals surface area contributed by atoms with Crippen molar-refractivity contribution in [3.8, 4) is 0 Å². The number of hydrazine groups is 1. The molecule has 88 valence electrons. The summed E-state index contributed by atoms with van der Waals surface area (Å²) in [5, 5.41) is 0.632. The van der Waals surface area contributed by atoms with E-state index in [0.29, 0.717) is 10.6 Å². The highest BCUT2D eigenvalue weighted by Crippen LogP contribution is 2.08. The van der Waals surface area contributed by atoms with Crippen molar-refractivity contribution in [1.82, 2.24) is 10.9 Å². The number of hydrogen-bond acceptors (Lipinski definition) is 2. The van der Waals surface area contributed by atoms with Gasteiger partial charge in [0.2, 0.25) is 0 Å². The predicted molar refractivity (Wildman–Crippen MR) is 66.4 cm³/mol. The molecule has 0 spiro atoms. The number of hydrogen-bond donors (Lipinski definition) is 2. The summed E-state index contributed by atoms with van der Waals surface area (Å²) in [6, 6.07) is 6.80. The molecule has 2 N–H and O–H groups in total. The van der Waals surface area contributed by atoms with Crippen LogP contribution in [-0.4, -0.2) is 12.5 Å². The number of unbranched alkanes of at least 4 members (excludes halogenated alkanes) is 2. The van der Waals surface area contributed by atoms with Crippen molar-refractivity contribution >= 4 is 17.5 Å². The third-order valence-electron chi connectivity index (χ3n) is 2.21. The topological polar surface area (TPSA) is 41.1 Å². The summed E-state index contributed by atoms with van der Waals surface area (Å²) < 4.78 is 0. The lowest BCUT2D eigenvalue weighted by Crippen LogP contribution is -2.37. The van der Waals surface area contributed by atoms with E-state index in [1.54, 1.807) is 24.3 Å². The van der Waals surface area contributed by atoms with E-state index in [2.05, 4.69) is 17.8 Å². The molecule has 0 atom stereocenters. The van der Waals surface area contributed by atoms with E-state index in [4.69, 9.17) is 11.6 Å². The van der Waals surface area contributed by atoms with Crippen LogP contribution >= 0.6 is 11.6 Å². The summed E-state index contributed by atoms with van der Waals surface area (Å²) >= 11 is 5.73. The van der Waals surface area contributed by atoms with Crippen molar-refractivity contribution in [3.05, 3.63) is 34.9 Å². The molecular weight excluding hydrogens is 224 g/mol. The van der Waals surface area contributed by atoms with E-state index >= 15 is 0 Å². The van der Waals surface area contributed by atoms with Crippen molar-refractivity contribution in [2.24, 2.45) is 0 Å². The van der Waals surface area contributed by atoms with Gasteiger partial charge in [-0.3, -0.25) is 10.2 Å². The van der Waals surface area contributed by atoms with Crippen LogP contribution in [0.25, 0.3) is 0 Å². The fourth-order valence-electron chi connectivity index (χ4n) is 1.28. The molecule has 3 nitrogen and oxygen atoms in total. The zero-order valence-corrected chi connectivity index (χ0v) is 10.2. The zero-order valence-electron chi connectivity index (χ0n) is 9.42. The Morgan fingerprint density at radius 1 is 1.25 bits per heavy atom. The first-order chi connectivity index (χ1) is 7.74. The summed E-state index contributed by atoms with van der Waals surface area (Å²) in [5.41, 5.74) is 6.15. The van der Waals surface area contributed by atoms with Crippen LogP contribution in [0.15, 0.2) is 24.3 Å². The number of carbonyl (C=O) groups is 1. The van der Waals surface area contributed by atoms with Crippen LogP contribution in [0.5, 0.6) is 0 Å². The minimum Gasteiger partial charge on any atom is -0.287 e. The maximum atomic E-state index is 11.6. The lowest BCUT2D eigenvalue weighted by atomic mass is 10.2. The second-order valence-electron chi connectivity index (χ2n) is 3.59. The van der Waals surface area contributed by atoms with Gasteiger partial charge >= 0.3 is 0 Å². The van der Waals surface area contributed by atoms with E-state index in [1.807, 2.05) is 0 Å². The normalized spacial score (nSPS) is 10.1. The molecule has 4 heteroatoms. The van der Waals surface area contributed by atoms with Gasteiger partial charge in [-0.15, -0.1) is 0 Å².